The zero-order chi connectivity index (χ0) is 9.56. The van der Waals surface area contributed by atoms with Crippen molar-refractivity contribution < 1.29 is 9.59 Å². The van der Waals surface area contributed by atoms with Gasteiger partial charge in [-0.1, -0.05) is 13.3 Å². The lowest BCUT2D eigenvalue weighted by molar-refractivity contribution is -0.124. The lowest BCUT2D eigenvalue weighted by Crippen LogP contribution is -2.36. The molecule has 0 aromatic carbocycles. The Morgan fingerprint density at radius 3 is 2.50 bits per heavy atom. The number of amides is 1. The van der Waals surface area contributed by atoms with Crippen molar-refractivity contribution in [2.75, 3.05) is 0 Å². The molecule has 0 fully saturated rings. The van der Waals surface area contributed by atoms with Crippen molar-refractivity contribution in [3.63, 3.8) is 0 Å². The first-order valence-electron chi connectivity index (χ1n) is 4.06. The molecule has 0 radical (unpaired) electrons. The number of unbranched alkanes of at least 4 members (excludes halogenated alkanes) is 1. The first-order chi connectivity index (χ1) is 5.57. The number of halogens is 1. The number of hydrogen-bond acceptors (Lipinski definition) is 2. The lowest BCUT2D eigenvalue weighted by Gasteiger charge is -2.08. The Morgan fingerprint density at radius 1 is 1.50 bits per heavy atom. The van der Waals surface area contributed by atoms with Crippen LogP contribution in [0.15, 0.2) is 0 Å². The Labute approximate surface area is 77.5 Å². The molecule has 0 aliphatic rings. The molecule has 12 heavy (non-hydrogen) atoms. The topological polar surface area (TPSA) is 46.2 Å². The molecule has 0 aromatic rings. The van der Waals surface area contributed by atoms with Crippen LogP contribution in [0.3, 0.4) is 0 Å². The maximum Gasteiger partial charge on any atom is 0.243 e. The van der Waals surface area contributed by atoms with Crippen molar-refractivity contribution in [3.8, 4) is 0 Å². The van der Waals surface area contributed by atoms with Crippen molar-refractivity contribution in [1.29, 1.82) is 0 Å². The first-order valence-corrected chi connectivity index (χ1v) is 4.44. The number of nitrogens with one attached hydrogen (secondary N) is 1. The van der Waals surface area contributed by atoms with E-state index in [9.17, 15) is 9.59 Å². The number of carbonyl (C=O) groups is 2. The fraction of sp³-hybridized carbons (Fsp3) is 0.750. The maximum atomic E-state index is 11.0. The van der Waals surface area contributed by atoms with Crippen LogP contribution >= 0.6 is 11.6 Å². The second-order valence-corrected chi connectivity index (χ2v) is 3.07. The van der Waals surface area contributed by atoms with Crippen LogP contribution in [0.2, 0.25) is 0 Å². The van der Waals surface area contributed by atoms with Crippen LogP contribution in [-0.2, 0) is 9.59 Å². The van der Waals surface area contributed by atoms with Gasteiger partial charge >= 0.3 is 0 Å². The number of carbonyl (C=O) groups excluding carboxylic acids is 2. The molecule has 0 spiro atoms. The van der Waals surface area contributed by atoms with Crippen LogP contribution in [0.25, 0.3) is 0 Å². The van der Waals surface area contributed by atoms with E-state index in [0.29, 0.717) is 6.42 Å². The van der Waals surface area contributed by atoms with Crippen LogP contribution in [0.1, 0.15) is 33.1 Å². The lowest BCUT2D eigenvalue weighted by atomic mass is 10.2. The molecule has 70 valence electrons. The first kappa shape index (κ1) is 11.4. The Kier molecular flexibility index (Phi) is 5.72. The molecular weight excluding hydrogens is 178 g/mol. The molecule has 0 aliphatic carbocycles. The van der Waals surface area contributed by atoms with Crippen LogP contribution in [0.5, 0.6) is 0 Å². The summed E-state index contributed by atoms with van der Waals surface area (Å²) in [5.74, 6) is -0.113. The van der Waals surface area contributed by atoms with Gasteiger partial charge in [-0.2, -0.15) is 0 Å². The summed E-state index contributed by atoms with van der Waals surface area (Å²) in [6.07, 6.45) is 2.27. The SMILES string of the molecule is CCCCC(=O)NC(C)C(=O)Cl. The van der Waals surface area contributed by atoms with E-state index in [4.69, 9.17) is 11.6 Å². The van der Waals surface area contributed by atoms with E-state index in [0.717, 1.165) is 12.8 Å². The molecule has 0 bridgehead atoms. The van der Waals surface area contributed by atoms with Gasteiger partial charge in [-0.25, -0.2) is 0 Å². The smallest absolute Gasteiger partial charge is 0.243 e. The van der Waals surface area contributed by atoms with Crippen LogP contribution in [0, 0.1) is 0 Å². The van der Waals surface area contributed by atoms with E-state index in [2.05, 4.69) is 5.32 Å². The quantitative estimate of drug-likeness (QED) is 0.669. The number of rotatable bonds is 5. The fourth-order valence-corrected chi connectivity index (χ4v) is 0.762. The third-order valence-corrected chi connectivity index (χ3v) is 1.80. The minimum absolute atomic E-state index is 0.113. The molecule has 1 atom stereocenters. The highest BCUT2D eigenvalue weighted by Crippen LogP contribution is 1.95. The molecule has 1 amide bonds. The monoisotopic (exact) mass is 191 g/mol. The predicted molar refractivity (Wildman–Crippen MR) is 48.0 cm³/mol. The van der Waals surface area contributed by atoms with Gasteiger partial charge in [0.2, 0.25) is 11.1 Å². The molecule has 0 saturated carbocycles. The third kappa shape index (κ3) is 5.13. The second-order valence-electron chi connectivity index (χ2n) is 2.70. The maximum absolute atomic E-state index is 11.0. The van der Waals surface area contributed by atoms with E-state index >= 15 is 0 Å². The van der Waals surface area contributed by atoms with Gasteiger partial charge in [0.1, 0.15) is 6.04 Å². The van der Waals surface area contributed by atoms with Gasteiger partial charge in [0.25, 0.3) is 0 Å². The van der Waals surface area contributed by atoms with Crippen molar-refractivity contribution >= 4 is 22.8 Å². The molecule has 4 heteroatoms. The van der Waals surface area contributed by atoms with Gasteiger partial charge in [0.05, 0.1) is 0 Å². The van der Waals surface area contributed by atoms with Crippen LogP contribution in [0.4, 0.5) is 0 Å². The van der Waals surface area contributed by atoms with Crippen molar-refractivity contribution in [2.24, 2.45) is 0 Å². The standard InChI is InChI=1S/C8H14ClNO2/c1-3-4-5-7(11)10-6(2)8(9)12/h6H,3-5H2,1-2H3,(H,10,11). The molecule has 0 aliphatic heterocycles. The summed E-state index contributed by atoms with van der Waals surface area (Å²) >= 11 is 5.15. The zero-order valence-corrected chi connectivity index (χ0v) is 8.15. The largest absolute Gasteiger partial charge is 0.345 e. The third-order valence-electron chi connectivity index (χ3n) is 1.48. The molecule has 0 rings (SSSR count). The molecule has 0 heterocycles. The second kappa shape index (κ2) is 6.00. The Hall–Kier alpha value is -0.570. The molecule has 1 unspecified atom stereocenters. The van der Waals surface area contributed by atoms with Gasteiger partial charge in [-0.15, -0.1) is 0 Å². The molecule has 1 N–H and O–H groups in total. The molecule has 0 aromatic heterocycles. The highest BCUT2D eigenvalue weighted by molar-refractivity contribution is 6.64. The van der Waals surface area contributed by atoms with Gasteiger partial charge in [0, 0.05) is 6.42 Å². The van der Waals surface area contributed by atoms with Crippen molar-refractivity contribution in [2.45, 2.75) is 39.2 Å². The average molecular weight is 192 g/mol. The molecule has 0 saturated heterocycles. The summed E-state index contributed by atoms with van der Waals surface area (Å²) in [6, 6.07) is -0.573. The summed E-state index contributed by atoms with van der Waals surface area (Å²) < 4.78 is 0. The average Bonchev–Trinajstić information content (AvgIpc) is 2.00. The Balaban J connectivity index is 3.61. The summed E-state index contributed by atoms with van der Waals surface area (Å²) in [6.45, 7) is 3.57. The minimum atomic E-state index is -0.573. The predicted octanol–water partition coefficient (Wildman–Crippen LogP) is 1.45. The van der Waals surface area contributed by atoms with E-state index in [1.807, 2.05) is 6.92 Å². The summed E-state index contributed by atoms with van der Waals surface area (Å²) in [5.41, 5.74) is 0. The van der Waals surface area contributed by atoms with Crippen LogP contribution < -0.4 is 5.32 Å². The normalized spacial score (nSPS) is 12.2. The molecule has 3 nitrogen and oxygen atoms in total. The van der Waals surface area contributed by atoms with Gasteiger partial charge in [-0.05, 0) is 24.9 Å². The van der Waals surface area contributed by atoms with Crippen LogP contribution in [-0.4, -0.2) is 17.2 Å². The number of hydrogen-bond donors (Lipinski definition) is 1. The van der Waals surface area contributed by atoms with Crippen molar-refractivity contribution in [3.05, 3.63) is 0 Å². The molecular formula is C8H14ClNO2. The van der Waals surface area contributed by atoms with E-state index < -0.39 is 11.3 Å². The van der Waals surface area contributed by atoms with E-state index in [1.165, 1.54) is 0 Å². The summed E-state index contributed by atoms with van der Waals surface area (Å²) in [4.78, 5) is 21.5. The van der Waals surface area contributed by atoms with Gasteiger partial charge in [0.15, 0.2) is 0 Å². The fourth-order valence-electron chi connectivity index (χ4n) is 0.708. The Morgan fingerprint density at radius 2 is 2.08 bits per heavy atom. The minimum Gasteiger partial charge on any atom is -0.345 e. The van der Waals surface area contributed by atoms with Gasteiger partial charge < -0.3 is 5.32 Å². The highest BCUT2D eigenvalue weighted by atomic mass is 35.5. The summed E-state index contributed by atoms with van der Waals surface area (Å²) in [5, 5.41) is 1.97. The Bertz CT molecular complexity index is 170. The van der Waals surface area contributed by atoms with E-state index in [-0.39, 0.29) is 5.91 Å². The van der Waals surface area contributed by atoms with Gasteiger partial charge in [-0.3, -0.25) is 9.59 Å². The van der Waals surface area contributed by atoms with Crippen molar-refractivity contribution in [1.82, 2.24) is 5.32 Å². The summed E-state index contributed by atoms with van der Waals surface area (Å²) in [7, 11) is 0. The highest BCUT2D eigenvalue weighted by Gasteiger charge is 2.11. The zero-order valence-electron chi connectivity index (χ0n) is 7.39. The van der Waals surface area contributed by atoms with E-state index in [1.54, 1.807) is 6.92 Å².